The molecule has 4 rings (SSSR count). The number of para-hydroxylation sites is 1. The van der Waals surface area contributed by atoms with Crippen molar-refractivity contribution in [1.82, 2.24) is 0 Å². The van der Waals surface area contributed by atoms with Gasteiger partial charge in [-0.15, -0.1) is 0 Å². The van der Waals surface area contributed by atoms with Crippen LogP contribution in [0.2, 0.25) is 0 Å². The first-order valence-electron chi connectivity index (χ1n) is 14.5. The number of halogens is 1. The normalized spacial score (nSPS) is 13.4. The van der Waals surface area contributed by atoms with Crippen LogP contribution < -0.4 is 14.8 Å². The average molecular weight is 574 g/mol. The second-order valence-electron chi connectivity index (χ2n) is 11.9. The number of hydrogen-bond acceptors (Lipinski definition) is 4. The maximum atomic E-state index is 14.0. The molecule has 1 amide bonds. The van der Waals surface area contributed by atoms with Crippen LogP contribution in [-0.4, -0.2) is 26.4 Å². The average Bonchev–Trinajstić information content (AvgIpc) is 3.27. The van der Waals surface area contributed by atoms with Gasteiger partial charge in [-0.1, -0.05) is 67.5 Å². The second-order valence-corrected chi connectivity index (χ2v) is 11.9. The van der Waals surface area contributed by atoms with E-state index in [1.165, 1.54) is 6.07 Å². The molecule has 1 heterocycles. The van der Waals surface area contributed by atoms with Gasteiger partial charge in [0.25, 0.3) is 5.91 Å². The first kappa shape index (κ1) is 32.6. The van der Waals surface area contributed by atoms with Crippen molar-refractivity contribution in [1.29, 1.82) is 0 Å². The summed E-state index contributed by atoms with van der Waals surface area (Å²) in [5, 5.41) is 2.63. The van der Waals surface area contributed by atoms with E-state index in [1.807, 2.05) is 30.3 Å². The molecule has 0 radical (unpaired) electrons. The van der Waals surface area contributed by atoms with E-state index in [9.17, 15) is 14.0 Å². The van der Waals surface area contributed by atoms with Crippen LogP contribution >= 0.6 is 0 Å². The van der Waals surface area contributed by atoms with Crippen molar-refractivity contribution in [2.45, 2.75) is 79.1 Å². The monoisotopic (exact) mass is 573 g/mol. The number of ether oxygens (including phenoxy) is 2. The standard InChI is InChI=1S/C22H24FNO2.C14H20O2/c1-12(2)16-9-14(10-17(13(3)4)21(16)26-5)11-18-15-7-6-8-19(23)20(15)24-22(18)25;1-9(2)12-6-11(8-15)7-13(10(3)4)14(12)16-5/h6-13H,1-5H3,(H,24,25);6-10H,1-5H3. The molecule has 0 bridgehead atoms. The number of hydrogen-bond donors (Lipinski definition) is 1. The molecule has 0 aliphatic carbocycles. The van der Waals surface area contributed by atoms with Crippen molar-refractivity contribution >= 4 is 29.5 Å². The smallest absolute Gasteiger partial charge is 0.256 e. The number of carbonyl (C=O) groups is 2. The van der Waals surface area contributed by atoms with Crippen LogP contribution in [0.5, 0.6) is 11.5 Å². The number of anilines is 1. The Kier molecular flexibility index (Phi) is 10.7. The fraction of sp³-hybridized carbons (Fsp3) is 0.389. The van der Waals surface area contributed by atoms with Crippen molar-refractivity contribution in [2.24, 2.45) is 0 Å². The highest BCUT2D eigenvalue weighted by Gasteiger charge is 2.27. The van der Waals surface area contributed by atoms with E-state index >= 15 is 0 Å². The van der Waals surface area contributed by atoms with Crippen molar-refractivity contribution < 1.29 is 23.5 Å². The van der Waals surface area contributed by atoms with Gasteiger partial charge in [-0.25, -0.2) is 4.39 Å². The predicted octanol–water partition coefficient (Wildman–Crippen LogP) is 9.33. The number of fused-ring (bicyclic) bond motifs is 1. The van der Waals surface area contributed by atoms with Gasteiger partial charge in [0.1, 0.15) is 23.6 Å². The summed E-state index contributed by atoms with van der Waals surface area (Å²) in [6, 6.07) is 12.7. The molecule has 0 fully saturated rings. The van der Waals surface area contributed by atoms with Crippen molar-refractivity contribution in [3.63, 3.8) is 0 Å². The van der Waals surface area contributed by atoms with Crippen molar-refractivity contribution in [3.05, 3.63) is 87.2 Å². The van der Waals surface area contributed by atoms with Gasteiger partial charge in [0.05, 0.1) is 19.9 Å². The predicted molar refractivity (Wildman–Crippen MR) is 171 cm³/mol. The molecule has 1 N–H and O–H groups in total. The first-order valence-corrected chi connectivity index (χ1v) is 14.5. The SMILES string of the molecule is COc1c(C(C)C)cc(C=C2C(=O)Nc3c(F)cccc32)cc1C(C)C.COc1c(C(C)C)cc(C=O)cc1C(C)C. The maximum absolute atomic E-state index is 14.0. The minimum atomic E-state index is -0.417. The van der Waals surface area contributed by atoms with Gasteiger partial charge in [0, 0.05) is 16.7 Å². The summed E-state index contributed by atoms with van der Waals surface area (Å²) >= 11 is 0. The summed E-state index contributed by atoms with van der Waals surface area (Å²) in [5.41, 5.74) is 7.40. The summed E-state index contributed by atoms with van der Waals surface area (Å²) < 4.78 is 25.1. The molecule has 42 heavy (non-hydrogen) atoms. The van der Waals surface area contributed by atoms with Crippen LogP contribution in [0.4, 0.5) is 10.1 Å². The highest BCUT2D eigenvalue weighted by molar-refractivity contribution is 6.35. The zero-order valence-corrected chi connectivity index (χ0v) is 26.5. The number of methoxy groups -OCH3 is 2. The number of rotatable bonds is 8. The molecule has 224 valence electrons. The van der Waals surface area contributed by atoms with Crippen LogP contribution in [-0.2, 0) is 4.79 Å². The summed E-state index contributed by atoms with van der Waals surface area (Å²) in [4.78, 5) is 23.3. The summed E-state index contributed by atoms with van der Waals surface area (Å²) in [5.74, 6) is 2.40. The quantitative estimate of drug-likeness (QED) is 0.215. The topological polar surface area (TPSA) is 64.6 Å². The lowest BCUT2D eigenvalue weighted by Gasteiger charge is -2.19. The third kappa shape index (κ3) is 6.92. The molecule has 6 heteroatoms. The second kappa shape index (κ2) is 13.8. The minimum Gasteiger partial charge on any atom is -0.496 e. The molecule has 5 nitrogen and oxygen atoms in total. The zero-order chi connectivity index (χ0) is 31.3. The van der Waals surface area contributed by atoms with Crippen LogP contribution in [0.1, 0.15) is 123 Å². The molecule has 1 aliphatic heterocycles. The number of aldehydes is 1. The maximum Gasteiger partial charge on any atom is 0.256 e. The Morgan fingerprint density at radius 2 is 1.14 bits per heavy atom. The van der Waals surface area contributed by atoms with E-state index in [1.54, 1.807) is 26.4 Å². The van der Waals surface area contributed by atoms with E-state index in [2.05, 4.69) is 60.7 Å². The molecule has 0 saturated heterocycles. The van der Waals surface area contributed by atoms with E-state index in [0.717, 1.165) is 51.2 Å². The molecular weight excluding hydrogens is 529 g/mol. The van der Waals surface area contributed by atoms with Gasteiger partial charge >= 0.3 is 0 Å². The Labute approximate surface area is 250 Å². The first-order chi connectivity index (χ1) is 19.8. The third-order valence-corrected chi connectivity index (χ3v) is 7.47. The van der Waals surface area contributed by atoms with Gasteiger partial charge < -0.3 is 14.8 Å². The fourth-order valence-electron chi connectivity index (χ4n) is 5.22. The molecule has 0 spiro atoms. The van der Waals surface area contributed by atoms with Gasteiger partial charge in [0.2, 0.25) is 0 Å². The minimum absolute atomic E-state index is 0.255. The van der Waals surface area contributed by atoms with Crippen molar-refractivity contribution in [2.75, 3.05) is 19.5 Å². The van der Waals surface area contributed by atoms with E-state index in [4.69, 9.17) is 9.47 Å². The molecule has 3 aromatic carbocycles. The highest BCUT2D eigenvalue weighted by atomic mass is 19.1. The van der Waals surface area contributed by atoms with Gasteiger partial charge in [-0.05, 0) is 87.9 Å². The Hall–Kier alpha value is -3.93. The number of amides is 1. The lowest BCUT2D eigenvalue weighted by molar-refractivity contribution is -0.110. The van der Waals surface area contributed by atoms with Crippen LogP contribution in [0.15, 0.2) is 42.5 Å². The largest absolute Gasteiger partial charge is 0.496 e. The van der Waals surface area contributed by atoms with Crippen molar-refractivity contribution in [3.8, 4) is 11.5 Å². The number of carbonyl (C=O) groups excluding carboxylic acids is 2. The lowest BCUT2D eigenvalue weighted by Crippen LogP contribution is -2.05. The molecule has 0 aromatic heterocycles. The molecule has 0 atom stereocenters. The Bertz CT molecular complexity index is 1430. The third-order valence-electron chi connectivity index (χ3n) is 7.47. The van der Waals surface area contributed by atoms with Crippen LogP contribution in [0.3, 0.4) is 0 Å². The summed E-state index contributed by atoms with van der Waals surface area (Å²) in [6.45, 7) is 16.9. The highest BCUT2D eigenvalue weighted by Crippen LogP contribution is 2.39. The van der Waals surface area contributed by atoms with Gasteiger partial charge in [-0.3, -0.25) is 9.59 Å². The molecule has 0 unspecified atom stereocenters. The number of benzene rings is 3. The van der Waals surface area contributed by atoms with Gasteiger partial charge in [0.15, 0.2) is 0 Å². The molecule has 1 aliphatic rings. The fourth-order valence-corrected chi connectivity index (χ4v) is 5.22. The van der Waals surface area contributed by atoms with E-state index in [-0.39, 0.29) is 23.4 Å². The Morgan fingerprint density at radius 1 is 0.714 bits per heavy atom. The van der Waals surface area contributed by atoms with Crippen LogP contribution in [0, 0.1) is 5.82 Å². The van der Waals surface area contributed by atoms with E-state index in [0.29, 0.717) is 23.0 Å². The molecule has 3 aromatic rings. The zero-order valence-electron chi connectivity index (χ0n) is 26.5. The lowest BCUT2D eigenvalue weighted by atomic mass is 9.90. The van der Waals surface area contributed by atoms with Gasteiger partial charge in [-0.2, -0.15) is 0 Å². The summed E-state index contributed by atoms with van der Waals surface area (Å²) in [7, 11) is 3.38. The summed E-state index contributed by atoms with van der Waals surface area (Å²) in [6.07, 6.45) is 2.73. The van der Waals surface area contributed by atoms with Crippen LogP contribution in [0.25, 0.3) is 11.6 Å². The Morgan fingerprint density at radius 3 is 1.52 bits per heavy atom. The molecule has 0 saturated carbocycles. The Balaban J connectivity index is 0.000000260. The number of nitrogens with one attached hydrogen (secondary N) is 1. The molecular formula is C36H44FNO4. The van der Waals surface area contributed by atoms with E-state index < -0.39 is 5.82 Å².